The maximum Gasteiger partial charge on any atom is 0.339 e. The molecule has 1 aliphatic heterocycles. The fourth-order valence-corrected chi connectivity index (χ4v) is 3.11. The fourth-order valence-electron chi connectivity index (χ4n) is 2.60. The summed E-state index contributed by atoms with van der Waals surface area (Å²) < 4.78 is 0. The van der Waals surface area contributed by atoms with E-state index in [0.29, 0.717) is 27.2 Å². The van der Waals surface area contributed by atoms with Crippen LogP contribution in [0.3, 0.4) is 0 Å². The van der Waals surface area contributed by atoms with Crippen molar-refractivity contribution in [1.29, 1.82) is 0 Å². The number of amides is 1. The van der Waals surface area contributed by atoms with E-state index in [1.165, 1.54) is 0 Å². The summed E-state index contributed by atoms with van der Waals surface area (Å²) in [4.78, 5) is 15.8. The zero-order valence-corrected chi connectivity index (χ0v) is 14.5. The van der Waals surface area contributed by atoms with E-state index in [-0.39, 0.29) is 5.91 Å². The van der Waals surface area contributed by atoms with Crippen LogP contribution in [0.1, 0.15) is 18.5 Å². The van der Waals surface area contributed by atoms with Gasteiger partial charge in [0.05, 0.1) is 17.8 Å². The van der Waals surface area contributed by atoms with Gasteiger partial charge < -0.3 is 10.6 Å². The molecule has 1 atom stereocenters. The summed E-state index contributed by atoms with van der Waals surface area (Å²) in [5, 5.41) is 10.0. The molecule has 3 rings (SSSR count). The molecule has 0 fully saturated rings. The Bertz CT molecular complexity index is 822. The van der Waals surface area contributed by atoms with Crippen LogP contribution in [0, 0.1) is 0 Å². The van der Waals surface area contributed by atoms with Gasteiger partial charge in [0.15, 0.2) is 5.11 Å². The molecular weight excluding hydrogens is 344 g/mol. The number of hydrogen-bond donors (Lipinski definition) is 3. The SMILES string of the molecule is CC1=C(C(=O)Nc2cccc[nH+]2)C(c2ccccc2Cl)NC(=S)N1. The van der Waals surface area contributed by atoms with E-state index < -0.39 is 6.04 Å². The average Bonchev–Trinajstić information content (AvgIpc) is 2.55. The number of benzene rings is 1. The minimum absolute atomic E-state index is 0.234. The van der Waals surface area contributed by atoms with Gasteiger partial charge in [0, 0.05) is 16.8 Å². The number of nitrogens with one attached hydrogen (secondary N) is 4. The Hall–Kier alpha value is -2.44. The Morgan fingerprint density at radius 2 is 2.00 bits per heavy atom. The second-order valence-electron chi connectivity index (χ2n) is 5.32. The van der Waals surface area contributed by atoms with Crippen molar-refractivity contribution in [1.82, 2.24) is 10.6 Å². The number of aromatic nitrogens is 1. The minimum Gasteiger partial charge on any atom is -0.351 e. The highest BCUT2D eigenvalue weighted by molar-refractivity contribution is 7.80. The predicted octanol–water partition coefficient (Wildman–Crippen LogP) is 2.59. The molecule has 1 aromatic heterocycles. The lowest BCUT2D eigenvalue weighted by molar-refractivity contribution is -0.360. The van der Waals surface area contributed by atoms with Crippen LogP contribution in [0.15, 0.2) is 59.9 Å². The van der Waals surface area contributed by atoms with Gasteiger partial charge in [-0.2, -0.15) is 0 Å². The average molecular weight is 360 g/mol. The Morgan fingerprint density at radius 3 is 2.71 bits per heavy atom. The quantitative estimate of drug-likeness (QED) is 0.737. The lowest BCUT2D eigenvalue weighted by Gasteiger charge is -2.29. The zero-order valence-electron chi connectivity index (χ0n) is 12.9. The lowest BCUT2D eigenvalue weighted by Crippen LogP contribution is -2.46. The van der Waals surface area contributed by atoms with Crippen LogP contribution >= 0.6 is 23.8 Å². The number of hydrogen-bond acceptors (Lipinski definition) is 2. The molecule has 0 aliphatic carbocycles. The number of rotatable bonds is 3. The molecule has 0 saturated heterocycles. The molecule has 5 nitrogen and oxygen atoms in total. The van der Waals surface area contributed by atoms with E-state index >= 15 is 0 Å². The molecule has 0 saturated carbocycles. The van der Waals surface area contributed by atoms with Crippen molar-refractivity contribution in [3.8, 4) is 0 Å². The molecular formula is C17H16ClN4OS+. The van der Waals surface area contributed by atoms with Crippen molar-refractivity contribution in [3.05, 3.63) is 70.5 Å². The molecule has 2 aromatic rings. The van der Waals surface area contributed by atoms with Crippen LogP contribution in [0.5, 0.6) is 0 Å². The smallest absolute Gasteiger partial charge is 0.339 e. The number of carbonyl (C=O) groups is 1. The van der Waals surface area contributed by atoms with Gasteiger partial charge in [-0.15, -0.1) is 0 Å². The number of H-pyrrole nitrogens is 1. The van der Waals surface area contributed by atoms with Gasteiger partial charge in [-0.25, -0.2) is 15.1 Å². The molecule has 1 unspecified atom stereocenters. The highest BCUT2D eigenvalue weighted by Crippen LogP contribution is 2.31. The first kappa shape index (κ1) is 16.4. The molecule has 0 radical (unpaired) electrons. The van der Waals surface area contributed by atoms with Crippen LogP contribution in [0.2, 0.25) is 5.02 Å². The molecule has 122 valence electrons. The van der Waals surface area contributed by atoms with E-state index in [4.69, 9.17) is 23.8 Å². The first-order valence-corrected chi connectivity index (χ1v) is 8.15. The summed E-state index contributed by atoms with van der Waals surface area (Å²) in [5.74, 6) is 0.372. The lowest BCUT2D eigenvalue weighted by atomic mass is 9.95. The third-order valence-electron chi connectivity index (χ3n) is 3.69. The number of thiocarbonyl (C=S) groups is 1. The second-order valence-corrected chi connectivity index (χ2v) is 6.14. The van der Waals surface area contributed by atoms with Crippen LogP contribution < -0.4 is 20.9 Å². The fraction of sp³-hybridized carbons (Fsp3) is 0.118. The molecule has 7 heteroatoms. The molecule has 1 aromatic carbocycles. The molecule has 24 heavy (non-hydrogen) atoms. The predicted molar refractivity (Wildman–Crippen MR) is 97.4 cm³/mol. The normalized spacial score (nSPS) is 17.1. The number of halogens is 1. The Morgan fingerprint density at radius 1 is 1.25 bits per heavy atom. The van der Waals surface area contributed by atoms with Crippen molar-refractivity contribution in [3.63, 3.8) is 0 Å². The zero-order chi connectivity index (χ0) is 17.1. The van der Waals surface area contributed by atoms with Gasteiger partial charge in [-0.05, 0) is 36.8 Å². The summed E-state index contributed by atoms with van der Waals surface area (Å²) in [6.07, 6.45) is 1.74. The molecule has 1 amide bonds. The molecule has 2 heterocycles. The van der Waals surface area contributed by atoms with Crippen LogP contribution in [0.4, 0.5) is 5.82 Å². The van der Waals surface area contributed by atoms with E-state index in [2.05, 4.69) is 20.9 Å². The summed E-state index contributed by atoms with van der Waals surface area (Å²) in [6.45, 7) is 1.82. The topological polar surface area (TPSA) is 67.3 Å². The maximum absolute atomic E-state index is 12.8. The van der Waals surface area contributed by atoms with Crippen molar-refractivity contribution in [2.45, 2.75) is 13.0 Å². The summed E-state index contributed by atoms with van der Waals surface area (Å²) in [6, 6.07) is 12.4. The first-order chi connectivity index (χ1) is 11.6. The number of aromatic amines is 1. The largest absolute Gasteiger partial charge is 0.351 e. The number of anilines is 1. The summed E-state index contributed by atoms with van der Waals surface area (Å²) in [7, 11) is 0. The third-order valence-corrected chi connectivity index (χ3v) is 4.25. The van der Waals surface area contributed by atoms with E-state index in [9.17, 15) is 4.79 Å². The van der Waals surface area contributed by atoms with E-state index in [1.807, 2.05) is 37.3 Å². The highest BCUT2D eigenvalue weighted by Gasteiger charge is 2.33. The summed E-state index contributed by atoms with van der Waals surface area (Å²) in [5.41, 5.74) is 2.02. The Balaban J connectivity index is 1.98. The maximum atomic E-state index is 12.8. The highest BCUT2D eigenvalue weighted by atomic mass is 35.5. The number of allylic oxidation sites excluding steroid dienone is 1. The number of carbonyl (C=O) groups excluding carboxylic acids is 1. The van der Waals surface area contributed by atoms with Crippen LogP contribution in [0.25, 0.3) is 0 Å². The Labute approximate surface area is 150 Å². The van der Waals surface area contributed by atoms with Gasteiger partial charge in [-0.3, -0.25) is 0 Å². The standard InChI is InChI=1S/C17H15ClN4OS/c1-10-14(16(23)21-13-8-4-5-9-19-13)15(22-17(24)20-10)11-6-2-3-7-12(11)18/h2-9,15H,1H3,(H,19,21,23)(H2,20,22,24)/p+1. The van der Waals surface area contributed by atoms with Gasteiger partial charge in [0.2, 0.25) is 0 Å². The summed E-state index contributed by atoms with van der Waals surface area (Å²) >= 11 is 11.6. The molecule has 0 bridgehead atoms. The second kappa shape index (κ2) is 6.98. The molecule has 0 spiro atoms. The van der Waals surface area contributed by atoms with Gasteiger partial charge >= 0.3 is 5.91 Å². The minimum atomic E-state index is -0.420. The van der Waals surface area contributed by atoms with E-state index in [0.717, 1.165) is 5.56 Å². The molecule has 1 aliphatic rings. The van der Waals surface area contributed by atoms with Crippen LogP contribution in [-0.4, -0.2) is 11.0 Å². The van der Waals surface area contributed by atoms with Crippen molar-refractivity contribution in [2.75, 3.05) is 5.32 Å². The van der Waals surface area contributed by atoms with Gasteiger partial charge in [-0.1, -0.05) is 35.9 Å². The first-order valence-electron chi connectivity index (χ1n) is 7.37. The van der Waals surface area contributed by atoms with Crippen molar-refractivity contribution >= 4 is 40.7 Å². The Kier molecular flexibility index (Phi) is 4.78. The van der Waals surface area contributed by atoms with Gasteiger partial charge in [0.1, 0.15) is 0 Å². The van der Waals surface area contributed by atoms with Crippen molar-refractivity contribution in [2.24, 2.45) is 0 Å². The number of pyridine rings is 1. The molecule has 4 N–H and O–H groups in total. The van der Waals surface area contributed by atoms with Crippen LogP contribution in [-0.2, 0) is 4.79 Å². The monoisotopic (exact) mass is 359 g/mol. The van der Waals surface area contributed by atoms with Crippen molar-refractivity contribution < 1.29 is 9.78 Å². The van der Waals surface area contributed by atoms with Gasteiger partial charge in [0.25, 0.3) is 5.82 Å². The van der Waals surface area contributed by atoms with E-state index in [1.54, 1.807) is 18.3 Å². The third kappa shape index (κ3) is 3.39.